The van der Waals surface area contributed by atoms with Crippen molar-refractivity contribution < 1.29 is 9.18 Å². The molecule has 1 aliphatic heterocycles. The van der Waals surface area contributed by atoms with E-state index in [1.54, 1.807) is 29.4 Å². The van der Waals surface area contributed by atoms with Gasteiger partial charge in [0.25, 0.3) is 5.91 Å². The fourth-order valence-corrected chi connectivity index (χ4v) is 2.97. The Kier molecular flexibility index (Phi) is 4.01. The summed E-state index contributed by atoms with van der Waals surface area (Å²) in [5, 5.41) is 0. The van der Waals surface area contributed by atoms with Gasteiger partial charge in [-0.05, 0) is 58.6 Å². The zero-order valence-electron chi connectivity index (χ0n) is 11.3. The smallest absolute Gasteiger partial charge is 0.254 e. The van der Waals surface area contributed by atoms with Crippen LogP contribution in [0.5, 0.6) is 0 Å². The number of carbonyl (C=O) groups is 1. The van der Waals surface area contributed by atoms with Crippen LogP contribution in [-0.2, 0) is 0 Å². The molecule has 3 rings (SSSR count). The Hall–Kier alpha value is -1.75. The van der Waals surface area contributed by atoms with Crippen LogP contribution in [0.3, 0.4) is 0 Å². The van der Waals surface area contributed by atoms with Crippen molar-refractivity contribution in [3.63, 3.8) is 0 Å². The van der Waals surface area contributed by atoms with Crippen molar-refractivity contribution in [2.75, 3.05) is 6.54 Å². The summed E-state index contributed by atoms with van der Waals surface area (Å²) in [4.78, 5) is 18.5. The number of hydrogen-bond acceptors (Lipinski definition) is 2. The standard InChI is InChI=1S/C16H14BrFN2O/c17-13-6-5-11(9-14(13)18)16(21)20-8-2-4-15(20)12-3-1-7-19-10-12/h1,3,5-7,9-10,15H,2,4,8H2. The molecule has 1 aromatic heterocycles. The van der Waals surface area contributed by atoms with E-state index < -0.39 is 5.82 Å². The number of pyridine rings is 1. The first-order valence-electron chi connectivity index (χ1n) is 6.83. The first-order chi connectivity index (χ1) is 10.2. The second-order valence-electron chi connectivity index (χ2n) is 5.07. The minimum atomic E-state index is -0.419. The van der Waals surface area contributed by atoms with Crippen molar-refractivity contribution in [2.24, 2.45) is 0 Å². The molecule has 5 heteroatoms. The molecule has 108 valence electrons. The lowest BCUT2D eigenvalue weighted by atomic mass is 10.1. The van der Waals surface area contributed by atoms with E-state index in [4.69, 9.17) is 0 Å². The number of nitrogens with zero attached hydrogens (tertiary/aromatic N) is 2. The number of carbonyl (C=O) groups excluding carboxylic acids is 1. The number of halogens is 2. The van der Waals surface area contributed by atoms with Crippen LogP contribution in [0.4, 0.5) is 4.39 Å². The fourth-order valence-electron chi connectivity index (χ4n) is 2.72. The molecule has 1 atom stereocenters. The van der Waals surface area contributed by atoms with E-state index in [1.165, 1.54) is 6.07 Å². The van der Waals surface area contributed by atoms with E-state index in [2.05, 4.69) is 20.9 Å². The molecular formula is C16H14BrFN2O. The Morgan fingerprint density at radius 3 is 2.95 bits per heavy atom. The molecule has 0 bridgehead atoms. The largest absolute Gasteiger partial charge is 0.332 e. The van der Waals surface area contributed by atoms with Crippen molar-refractivity contribution >= 4 is 21.8 Å². The molecule has 3 nitrogen and oxygen atoms in total. The van der Waals surface area contributed by atoms with Gasteiger partial charge in [-0.15, -0.1) is 0 Å². The van der Waals surface area contributed by atoms with E-state index in [0.29, 0.717) is 16.6 Å². The maximum absolute atomic E-state index is 13.6. The summed E-state index contributed by atoms with van der Waals surface area (Å²) in [6, 6.07) is 8.37. The van der Waals surface area contributed by atoms with Crippen molar-refractivity contribution in [2.45, 2.75) is 18.9 Å². The lowest BCUT2D eigenvalue weighted by molar-refractivity contribution is 0.0735. The molecule has 0 radical (unpaired) electrons. The molecule has 1 aliphatic rings. The molecule has 1 amide bonds. The number of hydrogen-bond donors (Lipinski definition) is 0. The highest BCUT2D eigenvalue weighted by Crippen LogP contribution is 2.33. The average molecular weight is 349 g/mol. The zero-order chi connectivity index (χ0) is 14.8. The maximum atomic E-state index is 13.6. The van der Waals surface area contributed by atoms with E-state index >= 15 is 0 Å². The Bertz CT molecular complexity index is 663. The minimum absolute atomic E-state index is 0.0258. The zero-order valence-corrected chi connectivity index (χ0v) is 12.9. The third-order valence-corrected chi connectivity index (χ3v) is 4.39. The predicted octanol–water partition coefficient (Wildman–Crippen LogP) is 3.96. The highest BCUT2D eigenvalue weighted by atomic mass is 79.9. The first-order valence-corrected chi connectivity index (χ1v) is 7.62. The Labute approximate surface area is 130 Å². The van der Waals surface area contributed by atoms with Gasteiger partial charge >= 0.3 is 0 Å². The van der Waals surface area contributed by atoms with Crippen LogP contribution in [0.2, 0.25) is 0 Å². The van der Waals surface area contributed by atoms with Crippen molar-refractivity contribution in [3.05, 3.63) is 64.1 Å². The molecule has 1 saturated heterocycles. The van der Waals surface area contributed by atoms with Gasteiger partial charge in [-0.3, -0.25) is 9.78 Å². The second-order valence-corrected chi connectivity index (χ2v) is 5.93. The summed E-state index contributed by atoms with van der Waals surface area (Å²) in [5.74, 6) is -0.550. The number of aromatic nitrogens is 1. The van der Waals surface area contributed by atoms with Crippen LogP contribution in [0.1, 0.15) is 34.8 Å². The summed E-state index contributed by atoms with van der Waals surface area (Å²) in [6.07, 6.45) is 5.37. The van der Waals surface area contributed by atoms with Gasteiger partial charge < -0.3 is 4.90 Å². The van der Waals surface area contributed by atoms with Crippen molar-refractivity contribution in [1.29, 1.82) is 0 Å². The number of rotatable bonds is 2. The maximum Gasteiger partial charge on any atom is 0.254 e. The van der Waals surface area contributed by atoms with Crippen molar-refractivity contribution in [1.82, 2.24) is 9.88 Å². The lowest BCUT2D eigenvalue weighted by Crippen LogP contribution is -2.30. The topological polar surface area (TPSA) is 33.2 Å². The third kappa shape index (κ3) is 2.83. The Balaban J connectivity index is 1.88. The van der Waals surface area contributed by atoms with Crippen LogP contribution < -0.4 is 0 Å². The highest BCUT2D eigenvalue weighted by molar-refractivity contribution is 9.10. The Morgan fingerprint density at radius 2 is 2.24 bits per heavy atom. The third-order valence-electron chi connectivity index (χ3n) is 3.75. The molecule has 0 N–H and O–H groups in total. The summed E-state index contributed by atoms with van der Waals surface area (Å²) < 4.78 is 14.0. The molecule has 0 aliphatic carbocycles. The molecule has 1 fully saturated rings. The van der Waals surface area contributed by atoms with E-state index in [-0.39, 0.29) is 11.9 Å². The van der Waals surface area contributed by atoms with Crippen LogP contribution >= 0.6 is 15.9 Å². The minimum Gasteiger partial charge on any atom is -0.332 e. The summed E-state index contributed by atoms with van der Waals surface area (Å²) in [7, 11) is 0. The van der Waals surface area contributed by atoms with Gasteiger partial charge in [0.2, 0.25) is 0 Å². The fraction of sp³-hybridized carbons (Fsp3) is 0.250. The van der Waals surface area contributed by atoms with Crippen molar-refractivity contribution in [3.8, 4) is 0 Å². The molecule has 1 unspecified atom stereocenters. The van der Waals surface area contributed by atoms with E-state index in [9.17, 15) is 9.18 Å². The van der Waals surface area contributed by atoms with Gasteiger partial charge in [-0.2, -0.15) is 0 Å². The van der Waals surface area contributed by atoms with E-state index in [0.717, 1.165) is 18.4 Å². The normalized spacial score (nSPS) is 18.0. The summed E-state index contributed by atoms with van der Waals surface area (Å²) in [5.41, 5.74) is 1.41. The monoisotopic (exact) mass is 348 g/mol. The molecule has 0 saturated carbocycles. The molecule has 21 heavy (non-hydrogen) atoms. The quantitative estimate of drug-likeness (QED) is 0.822. The van der Waals surface area contributed by atoms with Gasteiger partial charge in [-0.1, -0.05) is 6.07 Å². The second kappa shape index (κ2) is 5.93. The Morgan fingerprint density at radius 1 is 1.38 bits per heavy atom. The van der Waals surface area contributed by atoms with Gasteiger partial charge in [0.1, 0.15) is 5.82 Å². The number of amides is 1. The average Bonchev–Trinajstić information content (AvgIpc) is 2.99. The lowest BCUT2D eigenvalue weighted by Gasteiger charge is -2.25. The highest BCUT2D eigenvalue weighted by Gasteiger charge is 2.30. The molecule has 1 aromatic carbocycles. The van der Waals surface area contributed by atoms with Crippen LogP contribution in [-0.4, -0.2) is 22.3 Å². The summed E-state index contributed by atoms with van der Waals surface area (Å²) in [6.45, 7) is 0.691. The van der Waals surface area contributed by atoms with Gasteiger partial charge in [0.05, 0.1) is 10.5 Å². The molecule has 2 heterocycles. The van der Waals surface area contributed by atoms with Crippen LogP contribution in [0, 0.1) is 5.82 Å². The number of benzene rings is 1. The molecule has 0 spiro atoms. The molecule has 2 aromatic rings. The van der Waals surface area contributed by atoms with Gasteiger partial charge in [-0.25, -0.2) is 4.39 Å². The van der Waals surface area contributed by atoms with Gasteiger partial charge in [0, 0.05) is 24.5 Å². The SMILES string of the molecule is O=C(c1ccc(Br)c(F)c1)N1CCCC1c1cccnc1. The van der Waals surface area contributed by atoms with Crippen LogP contribution in [0.15, 0.2) is 47.2 Å². The first kappa shape index (κ1) is 14.2. The van der Waals surface area contributed by atoms with Crippen LogP contribution in [0.25, 0.3) is 0 Å². The molecular weight excluding hydrogens is 335 g/mol. The predicted molar refractivity (Wildman–Crippen MR) is 81.3 cm³/mol. The number of likely N-dealkylation sites (tertiary alicyclic amines) is 1. The van der Waals surface area contributed by atoms with Gasteiger partial charge in [0.15, 0.2) is 0 Å². The summed E-state index contributed by atoms with van der Waals surface area (Å²) >= 11 is 3.10. The van der Waals surface area contributed by atoms with E-state index in [1.807, 2.05) is 12.1 Å².